The average molecular weight is 776 g/mol. The van der Waals surface area contributed by atoms with Crippen LogP contribution in [0.25, 0.3) is 0 Å². The molecule has 1 N–H and O–H groups in total. The summed E-state index contributed by atoms with van der Waals surface area (Å²) >= 11 is 16.1. The first kappa shape index (κ1) is 37.3. The van der Waals surface area contributed by atoms with Crippen LogP contribution in [0, 0.1) is 0 Å². The normalized spacial score (nSPS) is 11.9. The molecule has 0 unspecified atom stereocenters. The first-order valence-electron chi connectivity index (χ1n) is 15.6. The number of hydrogen-bond acceptors (Lipinski definition) is 5. The number of carbonyl (C=O) groups is 2. The van der Waals surface area contributed by atoms with Crippen molar-refractivity contribution in [3.8, 4) is 5.75 Å². The van der Waals surface area contributed by atoms with Gasteiger partial charge in [0.05, 0.1) is 17.2 Å². The highest BCUT2D eigenvalue weighted by molar-refractivity contribution is 9.10. The van der Waals surface area contributed by atoms with Crippen molar-refractivity contribution in [2.24, 2.45) is 0 Å². The summed E-state index contributed by atoms with van der Waals surface area (Å²) in [5, 5.41) is 3.71. The van der Waals surface area contributed by atoms with Crippen LogP contribution in [0.5, 0.6) is 5.75 Å². The minimum atomic E-state index is -4.25. The van der Waals surface area contributed by atoms with Crippen molar-refractivity contribution in [3.05, 3.63) is 123 Å². The lowest BCUT2D eigenvalue weighted by atomic mass is 10.0. The van der Waals surface area contributed by atoms with Gasteiger partial charge in [0, 0.05) is 34.0 Å². The Kier molecular flexibility index (Phi) is 13.8. The van der Waals surface area contributed by atoms with Crippen LogP contribution in [0.15, 0.2) is 106 Å². The zero-order valence-electron chi connectivity index (χ0n) is 26.7. The quantitative estimate of drug-likeness (QED) is 0.117. The maximum absolute atomic E-state index is 14.6. The van der Waals surface area contributed by atoms with Crippen LogP contribution >= 0.6 is 39.1 Å². The molecule has 12 heteroatoms. The zero-order chi connectivity index (χ0) is 34.7. The van der Waals surface area contributed by atoms with E-state index in [0.29, 0.717) is 39.0 Å². The fourth-order valence-electron chi connectivity index (χ4n) is 5.03. The molecule has 0 fully saturated rings. The number of rotatable bonds is 16. The summed E-state index contributed by atoms with van der Waals surface area (Å²) in [6.07, 6.45) is 1.83. The Bertz CT molecular complexity index is 1780. The maximum Gasteiger partial charge on any atom is 0.264 e. The molecule has 0 aromatic heterocycles. The highest BCUT2D eigenvalue weighted by Crippen LogP contribution is 2.29. The van der Waals surface area contributed by atoms with Crippen molar-refractivity contribution < 1.29 is 22.7 Å². The van der Waals surface area contributed by atoms with Crippen LogP contribution in [0.3, 0.4) is 0 Å². The third-order valence-corrected chi connectivity index (χ3v) is 10.5. The number of amides is 2. The van der Waals surface area contributed by atoms with Gasteiger partial charge in [0.2, 0.25) is 11.8 Å². The van der Waals surface area contributed by atoms with Gasteiger partial charge < -0.3 is 15.0 Å². The molecule has 0 saturated carbocycles. The number of hydrogen-bond donors (Lipinski definition) is 1. The lowest BCUT2D eigenvalue weighted by Crippen LogP contribution is -2.53. The number of sulfonamides is 1. The van der Waals surface area contributed by atoms with Crippen molar-refractivity contribution >= 4 is 66.7 Å². The van der Waals surface area contributed by atoms with E-state index < -0.39 is 28.5 Å². The summed E-state index contributed by atoms with van der Waals surface area (Å²) in [6, 6.07) is 26.0. The monoisotopic (exact) mass is 773 g/mol. The van der Waals surface area contributed by atoms with Crippen molar-refractivity contribution in [2.75, 3.05) is 24.0 Å². The van der Waals surface area contributed by atoms with Gasteiger partial charge in [-0.2, -0.15) is 0 Å². The molecular weight excluding hydrogens is 737 g/mol. The summed E-state index contributed by atoms with van der Waals surface area (Å²) in [7, 11) is -4.25. The Balaban J connectivity index is 1.81. The van der Waals surface area contributed by atoms with Crippen LogP contribution in [-0.4, -0.2) is 50.9 Å². The molecule has 0 aliphatic rings. The Morgan fingerprint density at radius 1 is 0.917 bits per heavy atom. The Morgan fingerprint density at radius 2 is 1.60 bits per heavy atom. The number of benzene rings is 4. The lowest BCUT2D eigenvalue weighted by molar-refractivity contribution is -0.140. The molecule has 4 rings (SSSR count). The van der Waals surface area contributed by atoms with Gasteiger partial charge in [0.1, 0.15) is 18.3 Å². The minimum Gasteiger partial charge on any atom is -0.494 e. The van der Waals surface area contributed by atoms with Gasteiger partial charge in [-0.3, -0.25) is 13.9 Å². The molecule has 0 bridgehead atoms. The molecule has 0 radical (unpaired) electrons. The Hall–Kier alpha value is -3.57. The van der Waals surface area contributed by atoms with E-state index in [4.69, 9.17) is 27.9 Å². The fraction of sp³-hybridized carbons (Fsp3) is 0.278. The molecule has 2 amide bonds. The molecule has 0 heterocycles. The standard InChI is InChI=1S/C36H38BrCl2N3O5S/c1-3-5-21-40-36(44)34(22-26-9-7-6-8-10-26)41(24-27-11-14-29(38)23-33(27)39)35(43)25-42(30-15-17-31(18-16-30)47-4-2)48(45,46)32-19-12-28(37)13-20-32/h6-20,23,34H,3-5,21-22,24-25H2,1-2H3,(H,40,44)/t34-/m1/s1. The molecule has 1 atom stereocenters. The van der Waals surface area contributed by atoms with Gasteiger partial charge in [0.15, 0.2) is 0 Å². The van der Waals surface area contributed by atoms with Crippen LogP contribution in [0.1, 0.15) is 37.8 Å². The van der Waals surface area contributed by atoms with Crippen molar-refractivity contribution in [1.82, 2.24) is 10.2 Å². The van der Waals surface area contributed by atoms with Gasteiger partial charge in [-0.15, -0.1) is 0 Å². The number of halogens is 3. The molecule has 0 aliphatic heterocycles. The molecule has 0 saturated heterocycles. The van der Waals surface area contributed by atoms with E-state index in [9.17, 15) is 18.0 Å². The van der Waals surface area contributed by atoms with Gasteiger partial charge in [-0.1, -0.05) is 88.9 Å². The van der Waals surface area contributed by atoms with Gasteiger partial charge >= 0.3 is 0 Å². The Morgan fingerprint density at radius 3 is 2.23 bits per heavy atom. The van der Waals surface area contributed by atoms with Crippen LogP contribution in [0.4, 0.5) is 5.69 Å². The third kappa shape index (κ3) is 9.98. The first-order chi connectivity index (χ1) is 23.0. The zero-order valence-corrected chi connectivity index (χ0v) is 30.7. The fourth-order valence-corrected chi connectivity index (χ4v) is 7.18. The summed E-state index contributed by atoms with van der Waals surface area (Å²) in [4.78, 5) is 29.9. The molecular formula is C36H38BrCl2N3O5S. The van der Waals surface area contributed by atoms with E-state index in [1.807, 2.05) is 44.2 Å². The second-order valence-corrected chi connectivity index (χ2v) is 14.6. The topological polar surface area (TPSA) is 96.0 Å². The molecule has 4 aromatic carbocycles. The van der Waals surface area contributed by atoms with E-state index in [2.05, 4.69) is 21.2 Å². The molecule has 0 aliphatic carbocycles. The number of carbonyl (C=O) groups excluding carboxylic acids is 2. The largest absolute Gasteiger partial charge is 0.494 e. The summed E-state index contributed by atoms with van der Waals surface area (Å²) in [5.74, 6) is -0.393. The van der Waals surface area contributed by atoms with Gasteiger partial charge in [0.25, 0.3) is 10.0 Å². The summed E-state index contributed by atoms with van der Waals surface area (Å²) < 4.78 is 35.8. The predicted molar refractivity (Wildman–Crippen MR) is 195 cm³/mol. The predicted octanol–water partition coefficient (Wildman–Crippen LogP) is 7.91. The highest BCUT2D eigenvalue weighted by Gasteiger charge is 2.35. The van der Waals surface area contributed by atoms with E-state index in [1.54, 1.807) is 54.6 Å². The van der Waals surface area contributed by atoms with Crippen LogP contribution in [-0.2, 0) is 32.6 Å². The van der Waals surface area contributed by atoms with E-state index >= 15 is 0 Å². The van der Waals surface area contributed by atoms with Crippen LogP contribution in [0.2, 0.25) is 10.0 Å². The lowest BCUT2D eigenvalue weighted by Gasteiger charge is -2.34. The van der Waals surface area contributed by atoms with Crippen LogP contribution < -0.4 is 14.4 Å². The minimum absolute atomic E-state index is 0.00201. The van der Waals surface area contributed by atoms with Gasteiger partial charge in [-0.25, -0.2) is 8.42 Å². The maximum atomic E-state index is 14.6. The number of unbranched alkanes of at least 4 members (excludes halogenated alkanes) is 1. The average Bonchev–Trinajstić information content (AvgIpc) is 3.07. The molecule has 48 heavy (non-hydrogen) atoms. The van der Waals surface area contributed by atoms with E-state index in [-0.39, 0.29) is 29.5 Å². The molecule has 254 valence electrons. The second kappa shape index (κ2) is 17.7. The second-order valence-electron chi connectivity index (χ2n) is 11.0. The number of nitrogens with one attached hydrogen (secondary N) is 1. The number of ether oxygens (including phenoxy) is 1. The SMILES string of the molecule is CCCCNC(=O)[C@@H](Cc1ccccc1)N(Cc1ccc(Cl)cc1Cl)C(=O)CN(c1ccc(OCC)cc1)S(=O)(=O)c1ccc(Br)cc1. The van der Waals surface area contributed by atoms with E-state index in [1.165, 1.54) is 17.0 Å². The smallest absolute Gasteiger partial charge is 0.264 e. The van der Waals surface area contributed by atoms with Gasteiger partial charge in [-0.05, 0) is 85.1 Å². The number of anilines is 1. The summed E-state index contributed by atoms with van der Waals surface area (Å²) in [5.41, 5.74) is 1.64. The molecule has 4 aromatic rings. The molecule has 8 nitrogen and oxygen atoms in total. The third-order valence-electron chi connectivity index (χ3n) is 7.57. The van der Waals surface area contributed by atoms with E-state index in [0.717, 1.165) is 22.7 Å². The van der Waals surface area contributed by atoms with Crippen molar-refractivity contribution in [2.45, 2.75) is 50.6 Å². The highest BCUT2D eigenvalue weighted by atomic mass is 79.9. The van der Waals surface area contributed by atoms with Crippen molar-refractivity contribution in [1.29, 1.82) is 0 Å². The molecule has 0 spiro atoms. The summed E-state index contributed by atoms with van der Waals surface area (Å²) in [6.45, 7) is 4.08. The Labute approximate surface area is 301 Å². The first-order valence-corrected chi connectivity index (χ1v) is 18.6. The number of nitrogens with zero attached hydrogens (tertiary/aromatic N) is 2. The van der Waals surface area contributed by atoms with Crippen molar-refractivity contribution in [3.63, 3.8) is 0 Å².